The summed E-state index contributed by atoms with van der Waals surface area (Å²) in [6.45, 7) is 2.92. The van der Waals surface area contributed by atoms with Crippen LogP contribution in [0.15, 0.2) is 36.5 Å². The summed E-state index contributed by atoms with van der Waals surface area (Å²) in [5.41, 5.74) is 0. The maximum Gasteiger partial charge on any atom is 0.220 e. The monoisotopic (exact) mass is 1400 g/mol. The number of hydrogen-bond acceptors (Lipinski definition) is 13. The van der Waals surface area contributed by atoms with Gasteiger partial charge in [-0.05, 0) is 51.4 Å². The van der Waals surface area contributed by atoms with Gasteiger partial charge in [0.15, 0.2) is 12.6 Å². The number of nitrogens with one attached hydrogen (secondary N) is 1. The van der Waals surface area contributed by atoms with E-state index in [0.29, 0.717) is 12.8 Å². The summed E-state index contributed by atoms with van der Waals surface area (Å²) in [4.78, 5) is 13.4. The Bertz CT molecular complexity index is 1800. The lowest BCUT2D eigenvalue weighted by atomic mass is 9.97. The smallest absolute Gasteiger partial charge is 0.220 e. The predicted octanol–water partition coefficient (Wildman–Crippen LogP) is 20.0. The molecule has 0 aromatic rings. The van der Waals surface area contributed by atoms with Crippen molar-refractivity contribution in [2.24, 2.45) is 0 Å². The molecule has 0 aromatic heterocycles. The SMILES string of the molecule is CCCCCCC/C=C\C/C=C\C/C=C\CCCCCCCCCCCCCCCCCCCCCCC(=O)NC(COC1OC(CO)C(OC2OC(CO)C(O)C(O)C2O)C(O)C1O)C(O)CCCCCCCCCCCCCCCCCCCCCCCCCCCCCCCC. The summed E-state index contributed by atoms with van der Waals surface area (Å²) in [5.74, 6) is -0.198. The molecule has 1 amide bonds. The number of rotatable bonds is 73. The van der Waals surface area contributed by atoms with Crippen LogP contribution in [0.2, 0.25) is 0 Å². The van der Waals surface area contributed by atoms with E-state index in [4.69, 9.17) is 18.9 Å². The first-order chi connectivity index (χ1) is 48.6. The molecule has 2 aliphatic heterocycles. The molecular formula is C85H161NO13. The minimum atomic E-state index is -1.78. The largest absolute Gasteiger partial charge is 0.394 e. The molecule has 0 spiro atoms. The van der Waals surface area contributed by atoms with E-state index in [1.807, 2.05) is 0 Å². The van der Waals surface area contributed by atoms with Gasteiger partial charge in [-0.15, -0.1) is 0 Å². The van der Waals surface area contributed by atoms with E-state index in [1.54, 1.807) is 0 Å². The van der Waals surface area contributed by atoms with E-state index >= 15 is 0 Å². The van der Waals surface area contributed by atoms with Crippen molar-refractivity contribution in [2.45, 2.75) is 479 Å². The molecule has 14 nitrogen and oxygen atoms in total. The van der Waals surface area contributed by atoms with Gasteiger partial charge >= 0.3 is 0 Å². The molecule has 2 fully saturated rings. The van der Waals surface area contributed by atoms with Crippen LogP contribution >= 0.6 is 0 Å². The molecular weight excluding hydrogens is 1240 g/mol. The maximum atomic E-state index is 13.4. The van der Waals surface area contributed by atoms with Gasteiger partial charge in [0.05, 0.1) is 32.0 Å². The van der Waals surface area contributed by atoms with Crippen LogP contribution in [-0.2, 0) is 23.7 Å². The average molecular weight is 1410 g/mol. The van der Waals surface area contributed by atoms with Gasteiger partial charge in [0.25, 0.3) is 0 Å². The minimum Gasteiger partial charge on any atom is -0.394 e. The van der Waals surface area contributed by atoms with Crippen LogP contribution < -0.4 is 5.32 Å². The number of unbranched alkanes of at least 4 members (excludes halogenated alkanes) is 54. The number of amides is 1. The fourth-order valence-corrected chi connectivity index (χ4v) is 14.4. The minimum absolute atomic E-state index is 0.198. The number of hydrogen-bond donors (Lipinski definition) is 9. The Hall–Kier alpha value is -1.79. The van der Waals surface area contributed by atoms with Gasteiger partial charge in [0, 0.05) is 6.42 Å². The van der Waals surface area contributed by atoms with Crippen molar-refractivity contribution < 1.29 is 64.6 Å². The summed E-state index contributed by atoms with van der Waals surface area (Å²) in [6.07, 6.45) is 74.9. The third kappa shape index (κ3) is 51.9. The molecule has 584 valence electrons. The maximum absolute atomic E-state index is 13.4. The molecule has 0 saturated carbocycles. The fourth-order valence-electron chi connectivity index (χ4n) is 14.4. The van der Waals surface area contributed by atoms with Crippen LogP contribution in [-0.4, -0.2) is 140 Å². The summed E-state index contributed by atoms with van der Waals surface area (Å²) in [7, 11) is 0. The van der Waals surface area contributed by atoms with E-state index in [9.17, 15) is 45.6 Å². The molecule has 0 aromatic carbocycles. The second kappa shape index (κ2) is 69.3. The molecule has 0 aliphatic carbocycles. The van der Waals surface area contributed by atoms with E-state index in [-0.39, 0.29) is 12.5 Å². The van der Waals surface area contributed by atoms with Crippen molar-refractivity contribution >= 4 is 5.91 Å². The molecule has 0 radical (unpaired) electrons. The summed E-state index contributed by atoms with van der Waals surface area (Å²) in [6, 6.07) is -0.830. The topological polar surface area (TPSA) is 228 Å². The van der Waals surface area contributed by atoms with Crippen molar-refractivity contribution in [3.05, 3.63) is 36.5 Å². The first-order valence-electron chi connectivity index (χ1n) is 42.7. The zero-order chi connectivity index (χ0) is 71.5. The summed E-state index contributed by atoms with van der Waals surface area (Å²) < 4.78 is 23.0. The summed E-state index contributed by atoms with van der Waals surface area (Å²) in [5, 5.41) is 88.0. The number of allylic oxidation sites excluding steroid dienone is 6. The molecule has 2 saturated heterocycles. The number of ether oxygens (including phenoxy) is 4. The first kappa shape index (κ1) is 93.3. The van der Waals surface area contributed by atoms with Crippen molar-refractivity contribution in [1.29, 1.82) is 0 Å². The highest BCUT2D eigenvalue weighted by Gasteiger charge is 2.51. The van der Waals surface area contributed by atoms with Gasteiger partial charge in [0.1, 0.15) is 48.8 Å². The number of carbonyl (C=O) groups excluding carboxylic acids is 1. The lowest BCUT2D eigenvalue weighted by molar-refractivity contribution is -0.359. The number of aliphatic hydroxyl groups is 8. The van der Waals surface area contributed by atoms with E-state index in [1.165, 1.54) is 315 Å². The highest BCUT2D eigenvalue weighted by atomic mass is 16.7. The third-order valence-corrected chi connectivity index (χ3v) is 21.1. The Morgan fingerprint density at radius 2 is 0.667 bits per heavy atom. The average Bonchev–Trinajstić information content (AvgIpc) is 0.799. The second-order valence-corrected chi connectivity index (χ2v) is 30.3. The van der Waals surface area contributed by atoms with Gasteiger partial charge in [-0.3, -0.25) is 4.79 Å². The lowest BCUT2D eigenvalue weighted by Gasteiger charge is -2.46. The van der Waals surface area contributed by atoms with Crippen LogP contribution in [0.1, 0.15) is 406 Å². The predicted molar refractivity (Wildman–Crippen MR) is 411 cm³/mol. The first-order valence-corrected chi connectivity index (χ1v) is 42.7. The molecule has 99 heavy (non-hydrogen) atoms. The van der Waals surface area contributed by atoms with E-state index in [2.05, 4.69) is 55.6 Å². The van der Waals surface area contributed by atoms with Crippen LogP contribution in [0.3, 0.4) is 0 Å². The molecule has 12 unspecified atom stereocenters. The van der Waals surface area contributed by atoms with Gasteiger partial charge in [0.2, 0.25) is 5.91 Å². The van der Waals surface area contributed by atoms with Crippen molar-refractivity contribution in [1.82, 2.24) is 5.32 Å². The Morgan fingerprint density at radius 3 is 1.02 bits per heavy atom. The molecule has 9 N–H and O–H groups in total. The molecule has 14 heteroatoms. The fraction of sp³-hybridized carbons (Fsp3) is 0.918. The van der Waals surface area contributed by atoms with Gasteiger partial charge < -0.3 is 65.1 Å². The second-order valence-electron chi connectivity index (χ2n) is 30.3. The zero-order valence-corrected chi connectivity index (χ0v) is 64.3. The van der Waals surface area contributed by atoms with Gasteiger partial charge in [-0.2, -0.15) is 0 Å². The van der Waals surface area contributed by atoms with Crippen LogP contribution in [0, 0.1) is 0 Å². The molecule has 12 atom stereocenters. The standard InChI is InChI=1S/C85H161NO13/c1-3-5-7-9-11-13-15-17-19-21-23-25-27-29-31-33-35-36-37-38-39-41-43-45-47-49-51-53-55-57-59-61-63-65-67-69-77(90)86-73(72-96-84-82(95)80(93)83(76(71-88)98-84)99-85-81(94)79(92)78(91)75(70-87)97-85)74(89)68-66-64-62-60-58-56-54-52-50-48-46-44-42-40-34-32-30-28-26-24-22-20-18-16-14-12-10-8-6-4-2/h15,17,21,23,27,29,73-76,78-85,87-89,91-95H,3-14,16,18-20,22,24-26,28,30-72H2,1-2H3,(H,86,90)/b17-15-,23-21-,29-27-. The molecule has 2 heterocycles. The molecule has 2 aliphatic rings. The summed E-state index contributed by atoms with van der Waals surface area (Å²) >= 11 is 0. The molecule has 0 bridgehead atoms. The van der Waals surface area contributed by atoms with Crippen molar-refractivity contribution in [3.63, 3.8) is 0 Å². The van der Waals surface area contributed by atoms with Crippen LogP contribution in [0.25, 0.3) is 0 Å². The van der Waals surface area contributed by atoms with E-state index in [0.717, 1.165) is 64.2 Å². The third-order valence-electron chi connectivity index (χ3n) is 21.1. The van der Waals surface area contributed by atoms with Crippen LogP contribution in [0.4, 0.5) is 0 Å². The van der Waals surface area contributed by atoms with Crippen molar-refractivity contribution in [2.75, 3.05) is 19.8 Å². The van der Waals surface area contributed by atoms with Crippen LogP contribution in [0.5, 0.6) is 0 Å². The Labute approximate surface area is 608 Å². The quantitative estimate of drug-likeness (QED) is 0.0204. The zero-order valence-electron chi connectivity index (χ0n) is 64.3. The van der Waals surface area contributed by atoms with E-state index < -0.39 is 86.8 Å². The number of aliphatic hydroxyl groups excluding tert-OH is 8. The normalized spacial score (nSPS) is 22.0. The highest BCUT2D eigenvalue weighted by molar-refractivity contribution is 5.76. The number of carbonyl (C=O) groups is 1. The van der Waals surface area contributed by atoms with Gasteiger partial charge in [-0.1, -0.05) is 384 Å². The Morgan fingerprint density at radius 1 is 0.364 bits per heavy atom. The lowest BCUT2D eigenvalue weighted by Crippen LogP contribution is -2.65. The van der Waals surface area contributed by atoms with Crippen molar-refractivity contribution in [3.8, 4) is 0 Å². The Kier molecular flexibility index (Phi) is 65.3. The Balaban J connectivity index is 1.58. The highest BCUT2D eigenvalue weighted by Crippen LogP contribution is 2.31. The van der Waals surface area contributed by atoms with Gasteiger partial charge in [-0.25, -0.2) is 0 Å². The molecule has 2 rings (SSSR count).